The Morgan fingerprint density at radius 1 is 1.53 bits per heavy atom. The summed E-state index contributed by atoms with van der Waals surface area (Å²) in [5, 5.41) is 4.15. The first-order chi connectivity index (χ1) is 7.22. The molecule has 0 aliphatic heterocycles. The van der Waals surface area contributed by atoms with Crippen LogP contribution >= 0.6 is 22.7 Å². The minimum Gasteiger partial charge on any atom is -0.465 e. The summed E-state index contributed by atoms with van der Waals surface area (Å²) in [5.74, 6) is -0.341. The molecule has 0 spiro atoms. The van der Waals surface area contributed by atoms with E-state index >= 15 is 0 Å². The SMILES string of the molecule is COC(=O)c1sccc1-c1csc(N)n1. The van der Waals surface area contributed by atoms with Crippen LogP contribution in [0.25, 0.3) is 11.3 Å². The minimum absolute atomic E-state index is 0.341. The van der Waals surface area contributed by atoms with Crippen molar-refractivity contribution in [3.8, 4) is 11.3 Å². The monoisotopic (exact) mass is 240 g/mol. The number of ether oxygens (including phenoxy) is 1. The zero-order valence-corrected chi connectivity index (χ0v) is 9.52. The number of carbonyl (C=O) groups is 1. The lowest BCUT2D eigenvalue weighted by atomic mass is 10.2. The molecule has 0 bridgehead atoms. The van der Waals surface area contributed by atoms with E-state index in [0.29, 0.717) is 10.0 Å². The van der Waals surface area contributed by atoms with Gasteiger partial charge in [0.15, 0.2) is 5.13 Å². The number of esters is 1. The van der Waals surface area contributed by atoms with Crippen LogP contribution < -0.4 is 5.73 Å². The van der Waals surface area contributed by atoms with E-state index in [2.05, 4.69) is 9.72 Å². The maximum Gasteiger partial charge on any atom is 0.348 e. The fraction of sp³-hybridized carbons (Fsp3) is 0.111. The van der Waals surface area contributed by atoms with Crippen molar-refractivity contribution < 1.29 is 9.53 Å². The Morgan fingerprint density at radius 2 is 2.33 bits per heavy atom. The molecule has 0 aromatic carbocycles. The number of aromatic nitrogens is 1. The highest BCUT2D eigenvalue weighted by Gasteiger charge is 2.16. The predicted molar refractivity (Wildman–Crippen MR) is 61.2 cm³/mol. The van der Waals surface area contributed by atoms with Crippen LogP contribution in [0.5, 0.6) is 0 Å². The van der Waals surface area contributed by atoms with Gasteiger partial charge in [0, 0.05) is 10.9 Å². The van der Waals surface area contributed by atoms with Crippen molar-refractivity contribution >= 4 is 33.8 Å². The number of hydrogen-bond donors (Lipinski definition) is 1. The van der Waals surface area contributed by atoms with Crippen molar-refractivity contribution in [2.24, 2.45) is 0 Å². The number of anilines is 1. The molecule has 2 rings (SSSR count). The molecule has 4 nitrogen and oxygen atoms in total. The highest BCUT2D eigenvalue weighted by Crippen LogP contribution is 2.30. The molecule has 0 aliphatic carbocycles. The molecule has 0 saturated carbocycles. The van der Waals surface area contributed by atoms with Gasteiger partial charge in [-0.1, -0.05) is 0 Å². The van der Waals surface area contributed by atoms with Crippen LogP contribution in [0.2, 0.25) is 0 Å². The molecular weight excluding hydrogens is 232 g/mol. The Labute approximate surface area is 94.3 Å². The summed E-state index contributed by atoms with van der Waals surface area (Å²) in [7, 11) is 1.36. The maximum absolute atomic E-state index is 11.4. The molecule has 0 amide bonds. The fourth-order valence-electron chi connectivity index (χ4n) is 1.17. The van der Waals surface area contributed by atoms with Gasteiger partial charge < -0.3 is 10.5 Å². The number of hydrogen-bond acceptors (Lipinski definition) is 6. The Hall–Kier alpha value is -1.40. The van der Waals surface area contributed by atoms with Gasteiger partial charge >= 0.3 is 5.97 Å². The molecular formula is C9H8N2O2S2. The second-order valence-corrected chi connectivity index (χ2v) is 4.53. The number of rotatable bonds is 2. The van der Waals surface area contributed by atoms with Gasteiger partial charge in [0.1, 0.15) is 4.88 Å². The van der Waals surface area contributed by atoms with Crippen LogP contribution in [-0.2, 0) is 4.74 Å². The minimum atomic E-state index is -0.341. The largest absolute Gasteiger partial charge is 0.465 e. The van der Waals surface area contributed by atoms with E-state index in [4.69, 9.17) is 5.73 Å². The van der Waals surface area contributed by atoms with Gasteiger partial charge in [-0.25, -0.2) is 9.78 Å². The zero-order valence-electron chi connectivity index (χ0n) is 7.89. The number of methoxy groups -OCH3 is 1. The predicted octanol–water partition coefficient (Wildman–Crippen LogP) is 2.24. The number of nitrogen functional groups attached to an aromatic ring is 1. The highest BCUT2D eigenvalue weighted by atomic mass is 32.1. The van der Waals surface area contributed by atoms with Gasteiger partial charge in [0.25, 0.3) is 0 Å². The lowest BCUT2D eigenvalue weighted by molar-refractivity contribution is 0.0607. The van der Waals surface area contributed by atoms with Gasteiger partial charge in [-0.3, -0.25) is 0 Å². The topological polar surface area (TPSA) is 65.2 Å². The van der Waals surface area contributed by atoms with Crippen LogP contribution in [0.15, 0.2) is 16.8 Å². The molecule has 2 aromatic heterocycles. The summed E-state index contributed by atoms with van der Waals surface area (Å²) < 4.78 is 4.68. The van der Waals surface area contributed by atoms with Gasteiger partial charge in [-0.15, -0.1) is 22.7 Å². The molecule has 0 atom stereocenters. The first-order valence-electron chi connectivity index (χ1n) is 4.09. The lowest BCUT2D eigenvalue weighted by Crippen LogP contribution is -1.99. The Morgan fingerprint density at radius 3 is 2.93 bits per heavy atom. The summed E-state index contributed by atoms with van der Waals surface area (Å²) in [6.45, 7) is 0. The van der Waals surface area contributed by atoms with E-state index in [9.17, 15) is 4.79 Å². The second kappa shape index (κ2) is 4.00. The summed E-state index contributed by atoms with van der Waals surface area (Å²) in [4.78, 5) is 16.1. The lowest BCUT2D eigenvalue weighted by Gasteiger charge is -1.98. The summed E-state index contributed by atoms with van der Waals surface area (Å²) in [6.07, 6.45) is 0. The number of carbonyl (C=O) groups excluding carboxylic acids is 1. The molecule has 15 heavy (non-hydrogen) atoms. The van der Waals surface area contributed by atoms with Gasteiger partial charge in [-0.2, -0.15) is 0 Å². The average molecular weight is 240 g/mol. The van der Waals surface area contributed by atoms with Crippen molar-refractivity contribution in [1.82, 2.24) is 4.98 Å². The molecule has 78 valence electrons. The molecule has 2 N–H and O–H groups in total. The molecule has 0 aliphatic rings. The van der Waals surface area contributed by atoms with E-state index in [1.165, 1.54) is 29.8 Å². The standard InChI is InChI=1S/C9H8N2O2S2/c1-13-8(12)7-5(2-3-14-7)6-4-15-9(10)11-6/h2-4H,1H3,(H2,10,11). The van der Waals surface area contributed by atoms with E-state index in [0.717, 1.165) is 11.3 Å². The van der Waals surface area contributed by atoms with Crippen LogP contribution in [0.3, 0.4) is 0 Å². The van der Waals surface area contributed by atoms with Gasteiger partial charge in [-0.05, 0) is 11.4 Å². The number of nitrogens with two attached hydrogens (primary N) is 1. The second-order valence-electron chi connectivity index (χ2n) is 2.73. The van der Waals surface area contributed by atoms with Crippen LogP contribution in [0.4, 0.5) is 5.13 Å². The quantitative estimate of drug-likeness (QED) is 0.817. The number of thiophene rings is 1. The molecule has 0 radical (unpaired) electrons. The van der Waals surface area contributed by atoms with Crippen molar-refractivity contribution in [2.45, 2.75) is 0 Å². The first kappa shape index (κ1) is 10.1. The van der Waals surface area contributed by atoms with Gasteiger partial charge in [0.2, 0.25) is 0 Å². The summed E-state index contributed by atoms with van der Waals surface area (Å²) in [5.41, 5.74) is 7.04. The van der Waals surface area contributed by atoms with E-state index < -0.39 is 0 Å². The number of thiazole rings is 1. The molecule has 0 fully saturated rings. The first-order valence-corrected chi connectivity index (χ1v) is 5.85. The third-order valence-corrected chi connectivity index (χ3v) is 3.40. The normalized spacial score (nSPS) is 10.2. The molecule has 6 heteroatoms. The number of nitrogens with zero attached hydrogens (tertiary/aromatic N) is 1. The van der Waals surface area contributed by atoms with E-state index in [-0.39, 0.29) is 5.97 Å². The van der Waals surface area contributed by atoms with Crippen molar-refractivity contribution in [2.75, 3.05) is 12.8 Å². The molecule has 2 aromatic rings. The fourth-order valence-corrected chi connectivity index (χ4v) is 2.56. The third-order valence-electron chi connectivity index (χ3n) is 1.83. The third kappa shape index (κ3) is 1.86. The molecule has 0 unspecified atom stereocenters. The van der Waals surface area contributed by atoms with Crippen LogP contribution in [-0.4, -0.2) is 18.1 Å². The van der Waals surface area contributed by atoms with E-state index in [1.54, 1.807) is 0 Å². The van der Waals surface area contributed by atoms with Gasteiger partial charge in [0.05, 0.1) is 12.8 Å². The highest BCUT2D eigenvalue weighted by molar-refractivity contribution is 7.14. The zero-order chi connectivity index (χ0) is 10.8. The summed E-state index contributed by atoms with van der Waals surface area (Å²) >= 11 is 2.69. The Bertz CT molecular complexity index is 490. The summed E-state index contributed by atoms with van der Waals surface area (Å²) in [6, 6.07) is 1.84. The van der Waals surface area contributed by atoms with Crippen LogP contribution in [0, 0.1) is 0 Å². The average Bonchev–Trinajstić information content (AvgIpc) is 2.84. The van der Waals surface area contributed by atoms with Crippen molar-refractivity contribution in [3.63, 3.8) is 0 Å². The van der Waals surface area contributed by atoms with Crippen LogP contribution in [0.1, 0.15) is 9.67 Å². The maximum atomic E-state index is 11.4. The van der Waals surface area contributed by atoms with Crippen molar-refractivity contribution in [3.05, 3.63) is 21.7 Å². The van der Waals surface area contributed by atoms with Crippen molar-refractivity contribution in [1.29, 1.82) is 0 Å². The Kier molecular flexibility index (Phi) is 2.70. The molecule has 2 heterocycles. The smallest absolute Gasteiger partial charge is 0.348 e. The van der Waals surface area contributed by atoms with E-state index in [1.807, 2.05) is 16.8 Å². The Balaban J connectivity index is 2.45. The molecule has 0 saturated heterocycles.